The zero-order chi connectivity index (χ0) is 18.8. The summed E-state index contributed by atoms with van der Waals surface area (Å²) >= 11 is 0. The van der Waals surface area contributed by atoms with Gasteiger partial charge in [-0.25, -0.2) is 9.78 Å². The molecule has 0 saturated carbocycles. The normalized spacial score (nSPS) is 14.0. The van der Waals surface area contributed by atoms with Gasteiger partial charge < -0.3 is 20.2 Å². The zero-order valence-corrected chi connectivity index (χ0v) is 14.9. The third-order valence-electron chi connectivity index (χ3n) is 4.72. The van der Waals surface area contributed by atoms with Gasteiger partial charge in [0.1, 0.15) is 11.5 Å². The minimum absolute atomic E-state index is 0.0517. The number of amides is 2. The van der Waals surface area contributed by atoms with Crippen molar-refractivity contribution in [3.8, 4) is 0 Å². The number of H-pyrrole nitrogens is 1. The molecule has 0 spiro atoms. The highest BCUT2D eigenvalue weighted by atomic mass is 16.2. The van der Waals surface area contributed by atoms with Crippen LogP contribution in [0.25, 0.3) is 0 Å². The van der Waals surface area contributed by atoms with E-state index in [0.29, 0.717) is 44.6 Å². The van der Waals surface area contributed by atoms with Crippen LogP contribution in [-0.2, 0) is 24.2 Å². The van der Waals surface area contributed by atoms with Gasteiger partial charge in [0.25, 0.3) is 5.91 Å². The molecular formula is C17H22N6O3. The molecule has 0 fully saturated rings. The SMILES string of the molecule is Cc1nc(=O)[nH]c(C)c1CCC(=O)N1CCc2nc(C(N)=O)cn2CC1. The number of carbonyl (C=O) groups is 2. The Balaban J connectivity index is 1.62. The third-order valence-corrected chi connectivity index (χ3v) is 4.72. The van der Waals surface area contributed by atoms with Gasteiger partial charge in [0.05, 0.1) is 0 Å². The second kappa shape index (κ2) is 7.11. The maximum atomic E-state index is 12.6. The summed E-state index contributed by atoms with van der Waals surface area (Å²) in [5, 5.41) is 0. The van der Waals surface area contributed by atoms with Crippen LogP contribution in [0.1, 0.15) is 39.7 Å². The quantitative estimate of drug-likeness (QED) is 0.776. The highest BCUT2D eigenvalue weighted by molar-refractivity contribution is 5.90. The molecule has 0 aromatic carbocycles. The van der Waals surface area contributed by atoms with Crippen LogP contribution in [0.15, 0.2) is 11.0 Å². The van der Waals surface area contributed by atoms with Crippen LogP contribution in [0.4, 0.5) is 0 Å². The average molecular weight is 358 g/mol. The number of aromatic amines is 1. The van der Waals surface area contributed by atoms with Crippen molar-refractivity contribution >= 4 is 11.8 Å². The van der Waals surface area contributed by atoms with E-state index in [1.165, 1.54) is 0 Å². The van der Waals surface area contributed by atoms with E-state index in [2.05, 4.69) is 15.0 Å². The maximum absolute atomic E-state index is 12.6. The number of primary amides is 1. The van der Waals surface area contributed by atoms with Gasteiger partial charge in [-0.3, -0.25) is 9.59 Å². The monoisotopic (exact) mass is 358 g/mol. The molecule has 9 nitrogen and oxygen atoms in total. The molecule has 1 aliphatic rings. The van der Waals surface area contributed by atoms with Crippen molar-refractivity contribution in [2.45, 2.75) is 39.7 Å². The highest BCUT2D eigenvalue weighted by Crippen LogP contribution is 2.14. The van der Waals surface area contributed by atoms with Gasteiger partial charge in [0.2, 0.25) is 5.91 Å². The van der Waals surface area contributed by atoms with E-state index < -0.39 is 5.91 Å². The van der Waals surface area contributed by atoms with Crippen LogP contribution < -0.4 is 11.4 Å². The molecule has 0 radical (unpaired) electrons. The first-order valence-corrected chi connectivity index (χ1v) is 8.55. The van der Waals surface area contributed by atoms with Crippen molar-refractivity contribution in [2.24, 2.45) is 5.73 Å². The number of rotatable bonds is 4. The second-order valence-electron chi connectivity index (χ2n) is 6.46. The first kappa shape index (κ1) is 17.8. The van der Waals surface area contributed by atoms with Crippen LogP contribution >= 0.6 is 0 Å². The summed E-state index contributed by atoms with van der Waals surface area (Å²) in [5.74, 6) is 0.278. The van der Waals surface area contributed by atoms with Crippen molar-refractivity contribution in [3.05, 3.63) is 45.2 Å². The molecule has 138 valence electrons. The van der Waals surface area contributed by atoms with Crippen LogP contribution in [-0.4, -0.2) is 49.3 Å². The maximum Gasteiger partial charge on any atom is 0.345 e. The van der Waals surface area contributed by atoms with Crippen LogP contribution in [0.2, 0.25) is 0 Å². The molecule has 3 heterocycles. The van der Waals surface area contributed by atoms with E-state index in [1.807, 2.05) is 16.4 Å². The summed E-state index contributed by atoms with van der Waals surface area (Å²) in [6, 6.07) is 0. The minimum Gasteiger partial charge on any atom is -0.364 e. The Kier molecular flexibility index (Phi) is 4.88. The summed E-state index contributed by atoms with van der Waals surface area (Å²) in [7, 11) is 0. The van der Waals surface area contributed by atoms with Crippen molar-refractivity contribution in [2.75, 3.05) is 13.1 Å². The smallest absolute Gasteiger partial charge is 0.345 e. The first-order chi connectivity index (χ1) is 12.3. The predicted octanol–water partition coefficient (Wildman–Crippen LogP) is -0.300. The van der Waals surface area contributed by atoms with Crippen molar-refractivity contribution < 1.29 is 9.59 Å². The molecule has 0 aliphatic carbocycles. The fourth-order valence-electron chi connectivity index (χ4n) is 3.30. The largest absolute Gasteiger partial charge is 0.364 e. The van der Waals surface area contributed by atoms with Gasteiger partial charge in [0, 0.05) is 50.1 Å². The molecule has 3 N–H and O–H groups in total. The molecule has 0 saturated heterocycles. The lowest BCUT2D eigenvalue weighted by molar-refractivity contribution is -0.131. The summed E-state index contributed by atoms with van der Waals surface area (Å²) in [5.41, 5.74) is 7.48. The highest BCUT2D eigenvalue weighted by Gasteiger charge is 2.21. The van der Waals surface area contributed by atoms with Gasteiger partial charge in [0.15, 0.2) is 0 Å². The Bertz CT molecular complexity index is 862. The molecule has 2 aromatic heterocycles. The molecule has 0 unspecified atom stereocenters. The van der Waals surface area contributed by atoms with E-state index >= 15 is 0 Å². The van der Waals surface area contributed by atoms with Crippen molar-refractivity contribution in [1.82, 2.24) is 24.4 Å². The molecule has 0 bridgehead atoms. The number of carbonyl (C=O) groups excluding carboxylic acids is 2. The van der Waals surface area contributed by atoms with Gasteiger partial charge in [-0.1, -0.05) is 0 Å². The number of nitrogens with zero attached hydrogens (tertiary/aromatic N) is 4. The van der Waals surface area contributed by atoms with Gasteiger partial charge >= 0.3 is 5.69 Å². The van der Waals surface area contributed by atoms with E-state index in [4.69, 9.17) is 5.73 Å². The fourth-order valence-corrected chi connectivity index (χ4v) is 3.30. The van der Waals surface area contributed by atoms with E-state index in [0.717, 1.165) is 17.1 Å². The lowest BCUT2D eigenvalue weighted by Gasteiger charge is -2.20. The lowest BCUT2D eigenvalue weighted by Crippen LogP contribution is -2.34. The summed E-state index contributed by atoms with van der Waals surface area (Å²) in [6.07, 6.45) is 3.11. The molecule has 2 amide bonds. The van der Waals surface area contributed by atoms with E-state index in [9.17, 15) is 14.4 Å². The average Bonchev–Trinajstić information content (AvgIpc) is 2.87. The zero-order valence-electron chi connectivity index (χ0n) is 14.9. The van der Waals surface area contributed by atoms with Crippen molar-refractivity contribution in [1.29, 1.82) is 0 Å². The van der Waals surface area contributed by atoms with E-state index in [-0.39, 0.29) is 17.3 Å². The van der Waals surface area contributed by atoms with Crippen molar-refractivity contribution in [3.63, 3.8) is 0 Å². The first-order valence-electron chi connectivity index (χ1n) is 8.55. The predicted molar refractivity (Wildman–Crippen MR) is 93.7 cm³/mol. The van der Waals surface area contributed by atoms with Gasteiger partial charge in [-0.15, -0.1) is 0 Å². The standard InChI is InChI=1S/C17H22N6O3/c1-10-12(11(2)20-17(26)19-10)3-4-15(24)22-6-5-14-21-13(16(18)25)9-23(14)8-7-22/h9H,3-8H2,1-2H3,(H2,18,25)(H,19,20,26). The fraction of sp³-hybridized carbons (Fsp3) is 0.471. The Morgan fingerprint density at radius 3 is 2.69 bits per heavy atom. The molecule has 0 atom stereocenters. The second-order valence-corrected chi connectivity index (χ2v) is 6.46. The Hall–Kier alpha value is -2.97. The number of nitrogens with two attached hydrogens (primary N) is 1. The molecule has 2 aromatic rings. The topological polar surface area (TPSA) is 127 Å². The summed E-state index contributed by atoms with van der Waals surface area (Å²) in [4.78, 5) is 47.8. The Morgan fingerprint density at radius 1 is 1.23 bits per heavy atom. The van der Waals surface area contributed by atoms with Crippen LogP contribution in [0.5, 0.6) is 0 Å². The van der Waals surface area contributed by atoms with Crippen LogP contribution in [0.3, 0.4) is 0 Å². The third kappa shape index (κ3) is 3.66. The lowest BCUT2D eigenvalue weighted by atomic mass is 10.1. The molecular weight excluding hydrogens is 336 g/mol. The summed E-state index contributed by atoms with van der Waals surface area (Å²) in [6.45, 7) is 5.29. The number of hydrogen-bond donors (Lipinski definition) is 2. The number of aromatic nitrogens is 4. The number of imidazole rings is 1. The van der Waals surface area contributed by atoms with Crippen LogP contribution in [0, 0.1) is 13.8 Å². The number of aryl methyl sites for hydroxylation is 2. The molecule has 1 aliphatic heterocycles. The number of hydrogen-bond acceptors (Lipinski definition) is 5. The number of nitrogens with one attached hydrogen (secondary N) is 1. The van der Waals surface area contributed by atoms with Gasteiger partial charge in [-0.2, -0.15) is 4.98 Å². The molecule has 26 heavy (non-hydrogen) atoms. The minimum atomic E-state index is -0.543. The molecule has 9 heteroatoms. The Morgan fingerprint density at radius 2 is 2.00 bits per heavy atom. The number of fused-ring (bicyclic) bond motifs is 1. The molecule has 3 rings (SSSR count). The Labute approximate surface area is 150 Å². The van der Waals surface area contributed by atoms with Gasteiger partial charge in [-0.05, 0) is 25.8 Å². The van der Waals surface area contributed by atoms with E-state index in [1.54, 1.807) is 13.1 Å². The summed E-state index contributed by atoms with van der Waals surface area (Å²) < 4.78 is 1.88.